The first-order valence-electron chi connectivity index (χ1n) is 18.6. The van der Waals surface area contributed by atoms with Gasteiger partial charge in [0.1, 0.15) is 23.7 Å². The number of carbonyl (C=O) groups excluding carboxylic acids is 1. The standard InChI is InChI=1S/C45H31F6N7O4/c1-57(2)41(61)24-58-18-15-38(59)31-13-3-25(20-37(31)58)32-19-26(4-14-40(32)62-30-11-7-28(8-12-30)45(49,50)51)34-22-39(60)33-23-54-36(21-35(33)56-34)42-43(53-17-16-52-42)55-29-9-5-27(6-10-29)44(46,47)48/h3-23H,24H2,1-2H3,(H,53,55)(H,56,60). The van der Waals surface area contributed by atoms with E-state index in [2.05, 4.69) is 25.3 Å². The average Bonchev–Trinajstić information content (AvgIpc) is 3.24. The van der Waals surface area contributed by atoms with E-state index in [1.54, 1.807) is 61.1 Å². The Labute approximate surface area is 346 Å². The molecule has 0 aliphatic rings. The molecule has 0 saturated carbocycles. The lowest BCUT2D eigenvalue weighted by Gasteiger charge is -2.17. The summed E-state index contributed by atoms with van der Waals surface area (Å²) in [4.78, 5) is 57.2. The highest BCUT2D eigenvalue weighted by atomic mass is 19.4. The second-order valence-electron chi connectivity index (χ2n) is 14.3. The fourth-order valence-corrected chi connectivity index (χ4v) is 6.68. The summed E-state index contributed by atoms with van der Waals surface area (Å²) in [7, 11) is 3.22. The monoisotopic (exact) mass is 847 g/mol. The smallest absolute Gasteiger partial charge is 0.416 e. The van der Waals surface area contributed by atoms with Crippen molar-refractivity contribution in [3.05, 3.63) is 159 Å². The third-order valence-electron chi connectivity index (χ3n) is 9.92. The number of amides is 1. The molecule has 4 heterocycles. The van der Waals surface area contributed by atoms with Crippen LogP contribution in [0.1, 0.15) is 11.1 Å². The molecule has 4 aromatic carbocycles. The number of ether oxygens (including phenoxy) is 1. The summed E-state index contributed by atoms with van der Waals surface area (Å²) in [5.41, 5.74) is 1.10. The van der Waals surface area contributed by atoms with Crippen LogP contribution in [0, 0.1) is 0 Å². The summed E-state index contributed by atoms with van der Waals surface area (Å²) in [6.07, 6.45) is -3.37. The molecular weight excluding hydrogens is 817 g/mol. The summed E-state index contributed by atoms with van der Waals surface area (Å²) in [6, 6.07) is 22.9. The summed E-state index contributed by atoms with van der Waals surface area (Å²) >= 11 is 0. The number of aromatic nitrogens is 5. The minimum Gasteiger partial charge on any atom is -0.457 e. The van der Waals surface area contributed by atoms with E-state index in [0.29, 0.717) is 44.5 Å². The minimum absolute atomic E-state index is 0.0709. The lowest BCUT2D eigenvalue weighted by atomic mass is 9.98. The van der Waals surface area contributed by atoms with Crippen LogP contribution in [0.25, 0.3) is 55.6 Å². The molecule has 8 aromatic rings. The zero-order valence-electron chi connectivity index (χ0n) is 32.5. The van der Waals surface area contributed by atoms with Gasteiger partial charge in [0.25, 0.3) is 0 Å². The van der Waals surface area contributed by atoms with E-state index in [4.69, 9.17) is 4.74 Å². The van der Waals surface area contributed by atoms with Crippen LogP contribution in [0.2, 0.25) is 0 Å². The van der Waals surface area contributed by atoms with E-state index in [0.717, 1.165) is 24.3 Å². The molecule has 0 aliphatic heterocycles. The first kappa shape index (κ1) is 40.9. The number of nitrogens with zero attached hydrogens (tertiary/aromatic N) is 5. The van der Waals surface area contributed by atoms with Gasteiger partial charge in [0.2, 0.25) is 5.91 Å². The summed E-state index contributed by atoms with van der Waals surface area (Å²) in [5.74, 6) is 0.306. The molecular formula is C45H31F6N7O4. The van der Waals surface area contributed by atoms with Gasteiger partial charge in [-0.15, -0.1) is 0 Å². The average molecular weight is 848 g/mol. The number of aromatic amines is 1. The van der Waals surface area contributed by atoms with E-state index < -0.39 is 23.5 Å². The first-order chi connectivity index (χ1) is 29.5. The number of nitrogens with one attached hydrogen (secondary N) is 2. The van der Waals surface area contributed by atoms with Crippen LogP contribution in [0.4, 0.5) is 37.8 Å². The first-order valence-corrected chi connectivity index (χ1v) is 18.6. The predicted octanol–water partition coefficient (Wildman–Crippen LogP) is 9.69. The second-order valence-corrected chi connectivity index (χ2v) is 14.3. The molecule has 0 saturated heterocycles. The fourth-order valence-electron chi connectivity index (χ4n) is 6.68. The van der Waals surface area contributed by atoms with Crippen LogP contribution in [-0.4, -0.2) is 49.4 Å². The SMILES string of the molecule is CN(C)C(=O)Cn1ccc(=O)c2ccc(-c3cc(-c4cc(=O)c5cnc(-c6nccnc6Nc6ccc(C(F)(F)F)cc6)cc5[nH]4)ccc3Oc3ccc(C(F)(F)F)cc3)cc21. The second kappa shape index (κ2) is 16.0. The van der Waals surface area contributed by atoms with Gasteiger partial charge in [0.05, 0.1) is 33.2 Å². The summed E-state index contributed by atoms with van der Waals surface area (Å²) < 4.78 is 87.4. The quantitative estimate of drug-likeness (QED) is 0.137. The van der Waals surface area contributed by atoms with E-state index in [-0.39, 0.29) is 57.4 Å². The Morgan fingerprint density at radius 1 is 0.742 bits per heavy atom. The van der Waals surface area contributed by atoms with Gasteiger partial charge in [-0.05, 0) is 96.1 Å². The molecule has 312 valence electrons. The Morgan fingerprint density at radius 2 is 1.42 bits per heavy atom. The lowest BCUT2D eigenvalue weighted by Crippen LogP contribution is -2.26. The number of hydrogen-bond donors (Lipinski definition) is 2. The van der Waals surface area contributed by atoms with Crippen LogP contribution in [0.5, 0.6) is 11.5 Å². The Hall–Kier alpha value is -7.82. The Bertz CT molecular complexity index is 3130. The molecule has 8 rings (SSSR count). The molecule has 11 nitrogen and oxygen atoms in total. The number of pyridine rings is 3. The largest absolute Gasteiger partial charge is 0.457 e. The fraction of sp³-hybridized carbons (Fsp3) is 0.111. The lowest BCUT2D eigenvalue weighted by molar-refractivity contribution is -0.138. The highest BCUT2D eigenvalue weighted by Crippen LogP contribution is 2.39. The summed E-state index contributed by atoms with van der Waals surface area (Å²) in [6.45, 7) is -0.0709. The number of anilines is 2. The number of hydrogen-bond acceptors (Lipinski definition) is 8. The van der Waals surface area contributed by atoms with Crippen molar-refractivity contribution >= 4 is 39.2 Å². The number of benzene rings is 4. The van der Waals surface area contributed by atoms with Crippen molar-refractivity contribution in [3.63, 3.8) is 0 Å². The van der Waals surface area contributed by atoms with Gasteiger partial charge < -0.3 is 24.5 Å². The van der Waals surface area contributed by atoms with E-state index >= 15 is 0 Å². The van der Waals surface area contributed by atoms with Crippen LogP contribution in [0.15, 0.2) is 138 Å². The molecule has 0 radical (unpaired) electrons. The van der Waals surface area contributed by atoms with Crippen molar-refractivity contribution in [1.29, 1.82) is 0 Å². The maximum atomic E-state index is 13.6. The molecule has 0 aliphatic carbocycles. The maximum absolute atomic E-state index is 13.6. The summed E-state index contributed by atoms with van der Waals surface area (Å²) in [5, 5.41) is 3.56. The van der Waals surface area contributed by atoms with Crippen molar-refractivity contribution in [2.75, 3.05) is 19.4 Å². The van der Waals surface area contributed by atoms with Crippen molar-refractivity contribution < 1.29 is 35.9 Å². The maximum Gasteiger partial charge on any atom is 0.416 e. The van der Waals surface area contributed by atoms with Crippen molar-refractivity contribution in [1.82, 2.24) is 29.4 Å². The van der Waals surface area contributed by atoms with Gasteiger partial charge in [-0.3, -0.25) is 19.4 Å². The van der Waals surface area contributed by atoms with Gasteiger partial charge >= 0.3 is 12.4 Å². The number of alkyl halides is 6. The highest BCUT2D eigenvalue weighted by Gasteiger charge is 2.31. The third kappa shape index (κ3) is 8.45. The molecule has 2 N–H and O–H groups in total. The van der Waals surface area contributed by atoms with E-state index in [9.17, 15) is 40.7 Å². The predicted molar refractivity (Wildman–Crippen MR) is 221 cm³/mol. The van der Waals surface area contributed by atoms with Gasteiger partial charge in [-0.25, -0.2) is 9.97 Å². The number of fused-ring (bicyclic) bond motifs is 2. The number of carbonyl (C=O) groups is 1. The molecule has 0 spiro atoms. The van der Waals surface area contributed by atoms with Gasteiger partial charge in [-0.1, -0.05) is 6.07 Å². The zero-order valence-corrected chi connectivity index (χ0v) is 32.5. The Balaban J connectivity index is 1.21. The molecule has 4 aromatic heterocycles. The van der Waals surface area contributed by atoms with Gasteiger partial charge in [0, 0.05) is 73.3 Å². The van der Waals surface area contributed by atoms with Crippen molar-refractivity contribution in [3.8, 4) is 45.3 Å². The van der Waals surface area contributed by atoms with Crippen molar-refractivity contribution in [2.24, 2.45) is 0 Å². The molecule has 0 atom stereocenters. The van der Waals surface area contributed by atoms with Gasteiger partial charge in [0.15, 0.2) is 16.7 Å². The Morgan fingerprint density at radius 3 is 2.11 bits per heavy atom. The number of H-pyrrole nitrogens is 1. The van der Waals surface area contributed by atoms with E-state index in [1.807, 2.05) is 0 Å². The third-order valence-corrected chi connectivity index (χ3v) is 9.92. The highest BCUT2D eigenvalue weighted by molar-refractivity contribution is 5.90. The molecule has 62 heavy (non-hydrogen) atoms. The van der Waals surface area contributed by atoms with Crippen LogP contribution in [0.3, 0.4) is 0 Å². The molecule has 17 heteroatoms. The Kier molecular flexibility index (Phi) is 10.6. The zero-order chi connectivity index (χ0) is 43.9. The van der Waals surface area contributed by atoms with Crippen molar-refractivity contribution in [2.45, 2.75) is 18.9 Å². The molecule has 1 amide bonds. The van der Waals surface area contributed by atoms with Crippen LogP contribution < -0.4 is 20.9 Å². The van der Waals surface area contributed by atoms with Crippen LogP contribution in [-0.2, 0) is 23.7 Å². The number of rotatable bonds is 9. The topological polar surface area (TPSA) is 135 Å². The number of halogens is 6. The minimum atomic E-state index is -4.56. The van der Waals surface area contributed by atoms with E-state index in [1.165, 1.54) is 66.1 Å². The van der Waals surface area contributed by atoms with Gasteiger partial charge in [-0.2, -0.15) is 26.3 Å². The molecule has 0 unspecified atom stereocenters. The molecule has 0 fully saturated rings. The molecule has 0 bridgehead atoms. The number of likely N-dealkylation sites (N-methyl/N-ethyl adjacent to an activating group) is 1. The normalized spacial score (nSPS) is 11.8. The van der Waals surface area contributed by atoms with Crippen LogP contribution >= 0.6 is 0 Å².